The molecule has 0 aromatic heterocycles. The van der Waals surface area contributed by atoms with Crippen molar-refractivity contribution in [2.75, 3.05) is 13.2 Å². The minimum Gasteiger partial charge on any atom is -0.486 e. The third-order valence-corrected chi connectivity index (χ3v) is 2.84. The second-order valence-electron chi connectivity index (χ2n) is 4.18. The lowest BCUT2D eigenvalue weighted by molar-refractivity contribution is -0.292. The second-order valence-corrected chi connectivity index (χ2v) is 4.18. The molecular weight excluding hydrogens is 244 g/mol. The Morgan fingerprint density at radius 3 is 2.56 bits per heavy atom. The average Bonchev–Trinajstić information content (AvgIpc) is 2.75. The first-order valence-electron chi connectivity index (χ1n) is 5.52. The van der Waals surface area contributed by atoms with E-state index in [4.69, 9.17) is 19.3 Å². The van der Waals surface area contributed by atoms with E-state index in [0.29, 0.717) is 11.5 Å². The first kappa shape index (κ1) is 13.3. The quantitative estimate of drug-likeness (QED) is 0.475. The Kier molecular flexibility index (Phi) is 3.88. The van der Waals surface area contributed by atoms with Crippen LogP contribution < -0.4 is 0 Å². The predicted octanol–water partition coefficient (Wildman–Crippen LogP) is -1.77. The van der Waals surface area contributed by atoms with Crippen molar-refractivity contribution in [3.05, 3.63) is 24.2 Å². The summed E-state index contributed by atoms with van der Waals surface area (Å²) in [6, 6.07) is 0. The highest BCUT2D eigenvalue weighted by molar-refractivity contribution is 5.18. The number of aliphatic hydroxyl groups is 4. The fourth-order valence-electron chi connectivity index (χ4n) is 1.81. The zero-order valence-corrected chi connectivity index (χ0v) is 9.60. The lowest BCUT2D eigenvalue weighted by Gasteiger charge is -2.39. The Morgan fingerprint density at radius 1 is 1.28 bits per heavy atom. The fourth-order valence-corrected chi connectivity index (χ4v) is 1.81. The molecule has 0 bridgehead atoms. The van der Waals surface area contributed by atoms with Crippen molar-refractivity contribution in [3.8, 4) is 0 Å². The summed E-state index contributed by atoms with van der Waals surface area (Å²) < 4.78 is 15.5. The Bertz CT molecular complexity index is 351. The molecule has 4 N–H and O–H groups in total. The largest absolute Gasteiger partial charge is 0.486 e. The summed E-state index contributed by atoms with van der Waals surface area (Å²) in [5.74, 6) is 0.818. The monoisotopic (exact) mass is 260 g/mol. The van der Waals surface area contributed by atoms with Crippen molar-refractivity contribution < 1.29 is 34.6 Å². The molecule has 0 saturated carbocycles. The molecule has 102 valence electrons. The average molecular weight is 260 g/mol. The van der Waals surface area contributed by atoms with Gasteiger partial charge in [-0.05, 0) is 0 Å². The summed E-state index contributed by atoms with van der Waals surface area (Å²) in [6.45, 7) is 3.23. The van der Waals surface area contributed by atoms with E-state index in [1.807, 2.05) is 0 Å². The molecular formula is C11H16O7. The van der Waals surface area contributed by atoms with Crippen molar-refractivity contribution >= 4 is 0 Å². The van der Waals surface area contributed by atoms with Gasteiger partial charge in [0.05, 0.1) is 6.61 Å². The molecule has 0 aromatic carbocycles. The fraction of sp³-hybridized carbons (Fsp3) is 0.636. The van der Waals surface area contributed by atoms with Gasteiger partial charge in [0.15, 0.2) is 0 Å². The number of rotatable bonds is 3. The summed E-state index contributed by atoms with van der Waals surface area (Å²) in [6.07, 6.45) is -4.90. The molecule has 0 radical (unpaired) electrons. The number of aliphatic hydroxyl groups excluding tert-OH is 4. The van der Waals surface area contributed by atoms with E-state index in [-0.39, 0.29) is 6.61 Å². The maximum atomic E-state index is 9.72. The van der Waals surface area contributed by atoms with Gasteiger partial charge in [0.2, 0.25) is 6.29 Å². The standard InChI is InChI=1S/C11H16O7/c1-5-2-6(4-16-5)17-11-10(15)9(14)8(13)7(3-12)18-11/h2,7-15H,1,3-4H2. The molecule has 5 unspecified atom stereocenters. The molecule has 2 aliphatic heterocycles. The van der Waals surface area contributed by atoms with Gasteiger partial charge in [-0.15, -0.1) is 0 Å². The van der Waals surface area contributed by atoms with Gasteiger partial charge >= 0.3 is 0 Å². The Hall–Kier alpha value is -1.12. The van der Waals surface area contributed by atoms with Crippen molar-refractivity contribution in [2.24, 2.45) is 0 Å². The maximum absolute atomic E-state index is 9.72. The Balaban J connectivity index is 2.03. The Labute approximate surface area is 104 Å². The molecule has 5 atom stereocenters. The first-order chi connectivity index (χ1) is 8.52. The zero-order valence-electron chi connectivity index (χ0n) is 9.60. The van der Waals surface area contributed by atoms with E-state index in [2.05, 4.69) is 6.58 Å². The molecule has 7 nitrogen and oxygen atoms in total. The zero-order chi connectivity index (χ0) is 13.3. The van der Waals surface area contributed by atoms with Crippen LogP contribution in [0.15, 0.2) is 24.2 Å². The van der Waals surface area contributed by atoms with Gasteiger partial charge in [0.1, 0.15) is 42.5 Å². The van der Waals surface area contributed by atoms with Gasteiger partial charge < -0.3 is 34.6 Å². The van der Waals surface area contributed by atoms with Gasteiger partial charge in [-0.25, -0.2) is 0 Å². The number of hydrogen-bond donors (Lipinski definition) is 4. The van der Waals surface area contributed by atoms with Crippen molar-refractivity contribution in [1.82, 2.24) is 0 Å². The predicted molar refractivity (Wildman–Crippen MR) is 58.0 cm³/mol. The number of hydrogen-bond acceptors (Lipinski definition) is 7. The lowest BCUT2D eigenvalue weighted by Crippen LogP contribution is -2.59. The second kappa shape index (κ2) is 5.25. The topological polar surface area (TPSA) is 109 Å². The van der Waals surface area contributed by atoms with Crippen molar-refractivity contribution in [3.63, 3.8) is 0 Å². The molecule has 7 heteroatoms. The molecule has 0 aromatic rings. The van der Waals surface area contributed by atoms with Crippen LogP contribution in [0.3, 0.4) is 0 Å². The lowest BCUT2D eigenvalue weighted by atomic mass is 9.99. The third kappa shape index (κ3) is 2.50. The minimum absolute atomic E-state index is 0.161. The van der Waals surface area contributed by atoms with Crippen molar-refractivity contribution in [1.29, 1.82) is 0 Å². The molecule has 18 heavy (non-hydrogen) atoms. The van der Waals surface area contributed by atoms with Crippen LogP contribution >= 0.6 is 0 Å². The van der Waals surface area contributed by atoms with Crippen molar-refractivity contribution in [2.45, 2.75) is 30.7 Å². The Morgan fingerprint density at radius 2 is 2.00 bits per heavy atom. The van der Waals surface area contributed by atoms with Crippen LogP contribution in [0.5, 0.6) is 0 Å². The third-order valence-electron chi connectivity index (χ3n) is 2.84. The summed E-state index contributed by atoms with van der Waals surface area (Å²) in [5, 5.41) is 37.8. The normalized spacial score (nSPS) is 40.3. The summed E-state index contributed by atoms with van der Waals surface area (Å²) in [4.78, 5) is 0. The van der Waals surface area contributed by atoms with Crippen LogP contribution in [0, 0.1) is 0 Å². The van der Waals surface area contributed by atoms with E-state index in [9.17, 15) is 15.3 Å². The molecule has 2 heterocycles. The van der Waals surface area contributed by atoms with Crippen LogP contribution in [0.25, 0.3) is 0 Å². The van der Waals surface area contributed by atoms with Gasteiger partial charge in [0, 0.05) is 6.08 Å². The van der Waals surface area contributed by atoms with Crippen LogP contribution in [0.1, 0.15) is 0 Å². The van der Waals surface area contributed by atoms with E-state index >= 15 is 0 Å². The highest BCUT2D eigenvalue weighted by atomic mass is 16.7. The maximum Gasteiger partial charge on any atom is 0.228 e. The smallest absolute Gasteiger partial charge is 0.228 e. The molecule has 1 saturated heterocycles. The van der Waals surface area contributed by atoms with Crippen LogP contribution in [0.4, 0.5) is 0 Å². The highest BCUT2D eigenvalue weighted by Crippen LogP contribution is 2.25. The van der Waals surface area contributed by atoms with E-state index in [1.54, 1.807) is 0 Å². The first-order valence-corrected chi connectivity index (χ1v) is 5.52. The molecule has 1 fully saturated rings. The van der Waals surface area contributed by atoms with Gasteiger partial charge in [-0.1, -0.05) is 6.58 Å². The molecule has 0 aliphatic carbocycles. The summed E-state index contributed by atoms with van der Waals surface area (Å²) in [7, 11) is 0. The van der Waals surface area contributed by atoms with Crippen LogP contribution in [0.2, 0.25) is 0 Å². The minimum atomic E-state index is -1.45. The van der Waals surface area contributed by atoms with Crippen LogP contribution in [-0.4, -0.2) is 64.3 Å². The van der Waals surface area contributed by atoms with Gasteiger partial charge in [-0.2, -0.15) is 0 Å². The highest BCUT2D eigenvalue weighted by Gasteiger charge is 2.45. The number of allylic oxidation sites excluding steroid dienone is 1. The molecule has 0 amide bonds. The van der Waals surface area contributed by atoms with E-state index in [0.717, 1.165) is 0 Å². The molecule has 0 spiro atoms. The molecule has 2 rings (SSSR count). The van der Waals surface area contributed by atoms with Crippen LogP contribution in [-0.2, 0) is 14.2 Å². The van der Waals surface area contributed by atoms with Gasteiger partial charge in [-0.3, -0.25) is 0 Å². The summed E-state index contributed by atoms with van der Waals surface area (Å²) in [5.41, 5.74) is 0. The molecule has 2 aliphatic rings. The van der Waals surface area contributed by atoms with E-state index < -0.39 is 37.3 Å². The summed E-state index contributed by atoms with van der Waals surface area (Å²) >= 11 is 0. The van der Waals surface area contributed by atoms with E-state index in [1.165, 1.54) is 6.08 Å². The number of ether oxygens (including phenoxy) is 3. The van der Waals surface area contributed by atoms with Gasteiger partial charge in [0.25, 0.3) is 0 Å². The SMILES string of the molecule is C=C1C=C(OC2OC(CO)C(O)C(O)C2O)CO1.